The molecule has 166 valence electrons. The number of hydrogen-bond acceptors (Lipinski definition) is 7. The molecule has 1 aliphatic heterocycles. The first-order valence-corrected chi connectivity index (χ1v) is 11.7. The molecule has 3 aromatic heterocycles. The van der Waals surface area contributed by atoms with Crippen LogP contribution in [0.4, 0.5) is 4.79 Å². The van der Waals surface area contributed by atoms with Gasteiger partial charge in [-0.25, -0.2) is 19.6 Å². The van der Waals surface area contributed by atoms with E-state index in [9.17, 15) is 9.59 Å². The number of fused-ring (bicyclic) bond motifs is 2. The quantitative estimate of drug-likeness (QED) is 0.456. The van der Waals surface area contributed by atoms with Crippen molar-refractivity contribution in [3.8, 4) is 5.95 Å². The van der Waals surface area contributed by atoms with E-state index in [1.807, 2.05) is 36.0 Å². The van der Waals surface area contributed by atoms with Crippen molar-refractivity contribution in [1.29, 1.82) is 0 Å². The molecule has 9 nitrogen and oxygen atoms in total. The first kappa shape index (κ1) is 20.7. The van der Waals surface area contributed by atoms with Crippen LogP contribution in [0.3, 0.4) is 0 Å². The van der Waals surface area contributed by atoms with Gasteiger partial charge in [-0.2, -0.15) is 21.3 Å². The van der Waals surface area contributed by atoms with Gasteiger partial charge in [0.2, 0.25) is 5.95 Å². The fourth-order valence-corrected chi connectivity index (χ4v) is 5.07. The van der Waals surface area contributed by atoms with Crippen molar-refractivity contribution < 1.29 is 9.53 Å². The van der Waals surface area contributed by atoms with Gasteiger partial charge in [0, 0.05) is 6.04 Å². The van der Waals surface area contributed by atoms with Gasteiger partial charge in [0.1, 0.15) is 17.4 Å². The first-order chi connectivity index (χ1) is 15.3. The highest BCUT2D eigenvalue weighted by atomic mass is 32.2. The smallest absolute Gasteiger partial charge is 0.423 e. The SMILES string of the molecule is CC(C)(C)OC(=O)n1c(=O)n(C2CCSCC2)c2nc(-n3cnc4ccccc43)ncc21. The van der Waals surface area contributed by atoms with E-state index < -0.39 is 17.4 Å². The standard InChI is InChI=1S/C22H24N6O3S/c1-22(2,3)31-21(30)28-17-12-23-19(26-13-24-15-6-4-5-7-16(15)26)25-18(17)27(20(28)29)14-8-10-32-11-9-14/h4-7,12-14H,8-11H2,1-3H3. The van der Waals surface area contributed by atoms with E-state index in [1.54, 1.807) is 36.2 Å². The molecule has 5 rings (SSSR count). The van der Waals surface area contributed by atoms with Gasteiger partial charge in [-0.05, 0) is 57.3 Å². The highest BCUT2D eigenvalue weighted by molar-refractivity contribution is 7.99. The minimum atomic E-state index is -0.733. The third-order valence-electron chi connectivity index (χ3n) is 5.40. The third-order valence-corrected chi connectivity index (χ3v) is 6.45. The molecule has 1 aromatic carbocycles. The van der Waals surface area contributed by atoms with Crippen LogP contribution < -0.4 is 5.69 Å². The molecule has 0 aliphatic carbocycles. The van der Waals surface area contributed by atoms with Gasteiger partial charge in [0.05, 0.1) is 17.2 Å². The normalized spacial score (nSPS) is 15.5. The van der Waals surface area contributed by atoms with Crippen LogP contribution in [-0.2, 0) is 4.74 Å². The predicted molar refractivity (Wildman–Crippen MR) is 124 cm³/mol. The van der Waals surface area contributed by atoms with Crippen LogP contribution in [-0.4, -0.2) is 51.9 Å². The Morgan fingerprint density at radius 2 is 1.88 bits per heavy atom. The largest absolute Gasteiger partial charge is 0.443 e. The summed E-state index contributed by atoms with van der Waals surface area (Å²) in [5.41, 5.74) is 1.29. The molecule has 1 aliphatic rings. The lowest BCUT2D eigenvalue weighted by atomic mass is 10.1. The molecule has 0 radical (unpaired) electrons. The summed E-state index contributed by atoms with van der Waals surface area (Å²) in [4.78, 5) is 40.0. The minimum Gasteiger partial charge on any atom is -0.443 e. The predicted octanol–water partition coefficient (Wildman–Crippen LogP) is 3.78. The van der Waals surface area contributed by atoms with Crippen LogP contribution in [0.1, 0.15) is 39.7 Å². The number of hydrogen-bond donors (Lipinski definition) is 0. The van der Waals surface area contributed by atoms with Crippen molar-refractivity contribution in [2.24, 2.45) is 0 Å². The highest BCUT2D eigenvalue weighted by Crippen LogP contribution is 2.29. The van der Waals surface area contributed by atoms with Gasteiger partial charge in [0.25, 0.3) is 0 Å². The molecule has 0 N–H and O–H groups in total. The van der Waals surface area contributed by atoms with Gasteiger partial charge >= 0.3 is 11.8 Å². The summed E-state index contributed by atoms with van der Waals surface area (Å²) < 4.78 is 9.99. The Balaban J connectivity index is 1.71. The number of thioether (sulfide) groups is 1. The Hall–Kier alpha value is -3.14. The zero-order valence-electron chi connectivity index (χ0n) is 18.2. The van der Waals surface area contributed by atoms with E-state index in [0.717, 1.165) is 39.9 Å². The lowest BCUT2D eigenvalue weighted by Gasteiger charge is -2.22. The number of imidazole rings is 2. The van der Waals surface area contributed by atoms with Crippen molar-refractivity contribution in [2.45, 2.75) is 45.3 Å². The van der Waals surface area contributed by atoms with Crippen molar-refractivity contribution in [3.05, 3.63) is 47.3 Å². The number of para-hydroxylation sites is 2. The molecule has 0 spiro atoms. The lowest BCUT2D eigenvalue weighted by molar-refractivity contribution is 0.0536. The maximum absolute atomic E-state index is 13.5. The van der Waals surface area contributed by atoms with E-state index in [2.05, 4.69) is 9.97 Å². The van der Waals surface area contributed by atoms with E-state index in [4.69, 9.17) is 9.72 Å². The van der Waals surface area contributed by atoms with Gasteiger partial charge < -0.3 is 4.74 Å². The van der Waals surface area contributed by atoms with Gasteiger partial charge in [-0.3, -0.25) is 9.13 Å². The summed E-state index contributed by atoms with van der Waals surface area (Å²) in [6.45, 7) is 5.31. The number of nitrogens with zero attached hydrogens (tertiary/aromatic N) is 6. The Morgan fingerprint density at radius 3 is 2.62 bits per heavy atom. The number of rotatable bonds is 2. The van der Waals surface area contributed by atoms with Crippen LogP contribution in [0.5, 0.6) is 0 Å². The van der Waals surface area contributed by atoms with Crippen molar-refractivity contribution in [3.63, 3.8) is 0 Å². The zero-order chi connectivity index (χ0) is 22.5. The number of carbonyl (C=O) groups excluding carboxylic acids is 1. The molecule has 0 bridgehead atoms. The summed E-state index contributed by atoms with van der Waals surface area (Å²) in [5.74, 6) is 2.31. The molecule has 1 fully saturated rings. The second kappa shape index (κ2) is 7.77. The molecule has 4 aromatic rings. The second-order valence-corrected chi connectivity index (χ2v) is 10.0. The molecular weight excluding hydrogens is 428 g/mol. The third kappa shape index (κ3) is 3.58. The topological polar surface area (TPSA) is 96.8 Å². The Labute approximate surface area is 188 Å². The summed E-state index contributed by atoms with van der Waals surface area (Å²) >= 11 is 1.87. The maximum atomic E-state index is 13.5. The van der Waals surface area contributed by atoms with E-state index in [0.29, 0.717) is 17.1 Å². The molecule has 0 saturated carbocycles. The van der Waals surface area contributed by atoms with Crippen LogP contribution in [0, 0.1) is 0 Å². The zero-order valence-corrected chi connectivity index (χ0v) is 19.0. The molecule has 10 heteroatoms. The molecule has 32 heavy (non-hydrogen) atoms. The average molecular weight is 453 g/mol. The molecule has 0 atom stereocenters. The summed E-state index contributed by atoms with van der Waals surface area (Å²) in [6, 6.07) is 7.67. The van der Waals surface area contributed by atoms with Crippen LogP contribution in [0.15, 0.2) is 41.6 Å². The van der Waals surface area contributed by atoms with Crippen LogP contribution >= 0.6 is 11.8 Å². The Kier molecular flexibility index (Phi) is 5.04. The first-order valence-electron chi connectivity index (χ1n) is 10.6. The van der Waals surface area contributed by atoms with E-state index >= 15 is 0 Å². The van der Waals surface area contributed by atoms with E-state index in [1.165, 1.54) is 6.20 Å². The monoisotopic (exact) mass is 452 g/mol. The highest BCUT2D eigenvalue weighted by Gasteiger charge is 2.29. The summed E-state index contributed by atoms with van der Waals surface area (Å²) in [5, 5.41) is 0. The van der Waals surface area contributed by atoms with Crippen molar-refractivity contribution in [1.82, 2.24) is 28.7 Å². The summed E-state index contributed by atoms with van der Waals surface area (Å²) in [6.07, 6.45) is 4.14. The van der Waals surface area contributed by atoms with E-state index in [-0.39, 0.29) is 6.04 Å². The Bertz CT molecular complexity index is 1370. The van der Waals surface area contributed by atoms with Crippen LogP contribution in [0.2, 0.25) is 0 Å². The second-order valence-electron chi connectivity index (χ2n) is 8.79. The number of benzene rings is 1. The molecule has 4 heterocycles. The number of ether oxygens (including phenoxy) is 1. The van der Waals surface area contributed by atoms with Gasteiger partial charge in [0.15, 0.2) is 5.65 Å². The fourth-order valence-electron chi connectivity index (χ4n) is 3.98. The van der Waals surface area contributed by atoms with Crippen molar-refractivity contribution >= 4 is 40.1 Å². The van der Waals surface area contributed by atoms with Gasteiger partial charge in [-0.1, -0.05) is 12.1 Å². The Morgan fingerprint density at radius 1 is 1.12 bits per heavy atom. The molecule has 0 unspecified atom stereocenters. The average Bonchev–Trinajstić information content (AvgIpc) is 3.31. The summed E-state index contributed by atoms with van der Waals surface area (Å²) in [7, 11) is 0. The van der Waals surface area contributed by atoms with Crippen LogP contribution in [0.25, 0.3) is 28.1 Å². The van der Waals surface area contributed by atoms with Crippen molar-refractivity contribution in [2.75, 3.05) is 11.5 Å². The maximum Gasteiger partial charge on any atom is 0.423 e. The fraction of sp³-hybridized carbons (Fsp3) is 0.409. The lowest BCUT2D eigenvalue weighted by Crippen LogP contribution is -2.36. The number of carbonyl (C=O) groups is 1. The molecule has 0 amide bonds. The minimum absolute atomic E-state index is 0.0304. The number of aromatic nitrogens is 6. The molecule has 1 saturated heterocycles. The van der Waals surface area contributed by atoms with Gasteiger partial charge in [-0.15, -0.1) is 0 Å². The molecular formula is C22H24N6O3S.